The summed E-state index contributed by atoms with van der Waals surface area (Å²) in [4.78, 5) is 13.0. The van der Waals surface area contributed by atoms with Crippen LogP contribution in [0, 0.1) is 5.92 Å². The van der Waals surface area contributed by atoms with Crippen molar-refractivity contribution in [2.24, 2.45) is 5.92 Å². The molecular weight excluding hydrogens is 435 g/mol. The minimum Gasteiger partial charge on any atom is -0.486 e. The molecule has 2 aliphatic heterocycles. The normalized spacial score (nSPS) is 18.0. The Morgan fingerprint density at radius 1 is 1.26 bits per heavy atom. The molecule has 4 N–H and O–H groups in total. The van der Waals surface area contributed by atoms with Gasteiger partial charge in [-0.2, -0.15) is 0 Å². The first kappa shape index (κ1) is 21.9. The van der Waals surface area contributed by atoms with Gasteiger partial charge in [0.1, 0.15) is 11.4 Å². The molecule has 1 atom stereocenters. The number of nitrogens with one attached hydrogen (secondary N) is 4. The third-order valence-corrected chi connectivity index (χ3v) is 6.08. The fourth-order valence-corrected chi connectivity index (χ4v) is 4.46. The molecule has 2 aliphatic rings. The molecule has 1 unspecified atom stereocenters. The van der Waals surface area contributed by atoms with Gasteiger partial charge >= 0.3 is 0 Å². The van der Waals surface area contributed by atoms with E-state index >= 15 is 0 Å². The van der Waals surface area contributed by atoms with Crippen molar-refractivity contribution in [1.82, 2.24) is 5.32 Å². The van der Waals surface area contributed by atoms with Gasteiger partial charge in [0.15, 0.2) is 6.29 Å². The van der Waals surface area contributed by atoms with E-state index < -0.39 is 0 Å². The fraction of sp³-hybridized carbons (Fsp3) is 0.435. The summed E-state index contributed by atoms with van der Waals surface area (Å²) in [6, 6.07) is 7.22. The standard InChI is InChI=1S/C23H28Cl2N4O2/c1-12(2)8-9-26-21(30)13-10-17-18(14-11-23(3,4)31-20(13)14)28-22(27-17)29-19-15(24)6-5-7-16(19)25/h5-7,10,12,22,27-29H,8-9,11H2,1-4H3,(H,26,30). The molecule has 0 spiro atoms. The molecule has 2 aromatic carbocycles. The highest BCUT2D eigenvalue weighted by atomic mass is 35.5. The van der Waals surface area contributed by atoms with Crippen LogP contribution in [0.4, 0.5) is 17.1 Å². The number of benzene rings is 2. The van der Waals surface area contributed by atoms with Gasteiger partial charge in [-0.15, -0.1) is 0 Å². The van der Waals surface area contributed by atoms with Crippen LogP contribution < -0.4 is 26.0 Å². The Morgan fingerprint density at radius 2 is 1.97 bits per heavy atom. The number of rotatable bonds is 6. The highest BCUT2D eigenvalue weighted by Gasteiger charge is 2.39. The van der Waals surface area contributed by atoms with Gasteiger partial charge in [-0.3, -0.25) is 4.79 Å². The number of carbonyl (C=O) groups is 1. The van der Waals surface area contributed by atoms with Gasteiger partial charge in [-0.05, 0) is 44.4 Å². The summed E-state index contributed by atoms with van der Waals surface area (Å²) in [5, 5.41) is 14.2. The topological polar surface area (TPSA) is 74.4 Å². The van der Waals surface area contributed by atoms with Crippen LogP contribution in [-0.2, 0) is 6.42 Å². The number of hydrogen-bond acceptors (Lipinski definition) is 5. The monoisotopic (exact) mass is 462 g/mol. The van der Waals surface area contributed by atoms with Crippen LogP contribution in [0.3, 0.4) is 0 Å². The number of fused-ring (bicyclic) bond motifs is 3. The third-order valence-electron chi connectivity index (χ3n) is 5.45. The van der Waals surface area contributed by atoms with E-state index in [0.29, 0.717) is 45.9 Å². The Balaban J connectivity index is 1.61. The van der Waals surface area contributed by atoms with E-state index in [2.05, 4.69) is 35.1 Å². The van der Waals surface area contributed by atoms with Gasteiger partial charge in [0.25, 0.3) is 5.91 Å². The molecule has 0 aliphatic carbocycles. The second kappa shape index (κ2) is 8.32. The lowest BCUT2D eigenvalue weighted by Crippen LogP contribution is -2.32. The SMILES string of the molecule is CC(C)CCNC(=O)c1cc2c(c3c1OC(C)(C)C3)NC(Nc1c(Cl)cccc1Cl)N2. The maximum Gasteiger partial charge on any atom is 0.255 e. The average Bonchev–Trinajstić information content (AvgIpc) is 3.22. The highest BCUT2D eigenvalue weighted by molar-refractivity contribution is 6.39. The predicted molar refractivity (Wildman–Crippen MR) is 128 cm³/mol. The summed E-state index contributed by atoms with van der Waals surface area (Å²) in [6.07, 6.45) is 1.29. The third kappa shape index (κ3) is 4.51. The number of anilines is 3. The quantitative estimate of drug-likeness (QED) is 0.441. The van der Waals surface area contributed by atoms with Crippen molar-refractivity contribution in [3.05, 3.63) is 45.4 Å². The minimum atomic E-state index is -0.385. The summed E-state index contributed by atoms with van der Waals surface area (Å²) in [7, 11) is 0. The largest absolute Gasteiger partial charge is 0.486 e. The van der Waals surface area contributed by atoms with Crippen molar-refractivity contribution in [1.29, 1.82) is 0 Å². The Bertz CT molecular complexity index is 1000. The number of ether oxygens (including phenoxy) is 1. The lowest BCUT2D eigenvalue weighted by molar-refractivity contribution is 0.0938. The second-order valence-electron chi connectivity index (χ2n) is 9.09. The van der Waals surface area contributed by atoms with Crippen molar-refractivity contribution < 1.29 is 9.53 Å². The van der Waals surface area contributed by atoms with Gasteiger partial charge in [-0.25, -0.2) is 0 Å². The highest BCUT2D eigenvalue weighted by Crippen LogP contribution is 2.48. The van der Waals surface area contributed by atoms with Gasteiger partial charge in [0.05, 0.1) is 32.7 Å². The average molecular weight is 463 g/mol. The van der Waals surface area contributed by atoms with Gasteiger partial charge in [0, 0.05) is 18.5 Å². The summed E-state index contributed by atoms with van der Waals surface area (Å²) in [6.45, 7) is 8.97. The van der Waals surface area contributed by atoms with E-state index in [1.165, 1.54) is 0 Å². The van der Waals surface area contributed by atoms with Crippen molar-refractivity contribution >= 4 is 46.2 Å². The van der Waals surface area contributed by atoms with E-state index in [-0.39, 0.29) is 17.8 Å². The van der Waals surface area contributed by atoms with Gasteiger partial charge in [0.2, 0.25) is 0 Å². The molecule has 6 nitrogen and oxygen atoms in total. The molecule has 0 saturated carbocycles. The molecule has 2 heterocycles. The van der Waals surface area contributed by atoms with Crippen LogP contribution in [0.5, 0.6) is 5.75 Å². The van der Waals surface area contributed by atoms with Crippen LogP contribution in [0.25, 0.3) is 0 Å². The number of carbonyl (C=O) groups excluding carboxylic acids is 1. The smallest absolute Gasteiger partial charge is 0.255 e. The minimum absolute atomic E-state index is 0.121. The lowest BCUT2D eigenvalue weighted by Gasteiger charge is -2.19. The first-order chi connectivity index (χ1) is 14.6. The number of hydrogen-bond donors (Lipinski definition) is 4. The van der Waals surface area contributed by atoms with E-state index in [1.807, 2.05) is 19.9 Å². The zero-order chi connectivity index (χ0) is 22.3. The number of halogens is 2. The number of para-hydroxylation sites is 1. The molecule has 8 heteroatoms. The molecule has 0 radical (unpaired) electrons. The zero-order valence-corrected chi connectivity index (χ0v) is 19.7. The molecule has 0 saturated heterocycles. The molecule has 0 bridgehead atoms. The van der Waals surface area contributed by atoms with Crippen molar-refractivity contribution in [3.63, 3.8) is 0 Å². The van der Waals surface area contributed by atoms with Crippen LogP contribution in [0.2, 0.25) is 10.0 Å². The zero-order valence-electron chi connectivity index (χ0n) is 18.2. The van der Waals surface area contributed by atoms with Crippen molar-refractivity contribution in [3.8, 4) is 5.75 Å². The molecular formula is C23H28Cl2N4O2. The molecule has 2 aromatic rings. The van der Waals surface area contributed by atoms with E-state index in [0.717, 1.165) is 23.4 Å². The van der Waals surface area contributed by atoms with Crippen LogP contribution >= 0.6 is 23.2 Å². The molecule has 166 valence electrons. The molecule has 0 fully saturated rings. The second-order valence-corrected chi connectivity index (χ2v) is 9.91. The molecule has 4 rings (SSSR count). The Labute approximate surface area is 193 Å². The Morgan fingerprint density at radius 3 is 2.65 bits per heavy atom. The van der Waals surface area contributed by atoms with Crippen LogP contribution in [-0.4, -0.2) is 24.3 Å². The number of amides is 1. The van der Waals surface area contributed by atoms with Gasteiger partial charge in [-0.1, -0.05) is 43.1 Å². The van der Waals surface area contributed by atoms with Gasteiger partial charge < -0.3 is 26.0 Å². The Kier molecular flexibility index (Phi) is 5.88. The van der Waals surface area contributed by atoms with Crippen molar-refractivity contribution in [2.75, 3.05) is 22.5 Å². The summed E-state index contributed by atoms with van der Waals surface area (Å²) in [5.74, 6) is 1.05. The first-order valence-electron chi connectivity index (χ1n) is 10.6. The van der Waals surface area contributed by atoms with Crippen LogP contribution in [0.1, 0.15) is 50.0 Å². The lowest BCUT2D eigenvalue weighted by atomic mass is 9.97. The van der Waals surface area contributed by atoms with E-state index in [9.17, 15) is 4.79 Å². The maximum absolute atomic E-state index is 13.0. The predicted octanol–water partition coefficient (Wildman–Crippen LogP) is 5.72. The Hall–Kier alpha value is -2.31. The maximum atomic E-state index is 13.0. The first-order valence-corrected chi connectivity index (χ1v) is 11.3. The van der Waals surface area contributed by atoms with E-state index in [1.54, 1.807) is 18.2 Å². The molecule has 0 aromatic heterocycles. The molecule has 1 amide bonds. The summed E-state index contributed by atoms with van der Waals surface area (Å²) in [5.41, 5.74) is 3.58. The fourth-order valence-electron chi connectivity index (χ4n) is 3.95. The van der Waals surface area contributed by atoms with Crippen LogP contribution in [0.15, 0.2) is 24.3 Å². The molecule has 31 heavy (non-hydrogen) atoms. The van der Waals surface area contributed by atoms with E-state index in [4.69, 9.17) is 27.9 Å². The summed E-state index contributed by atoms with van der Waals surface area (Å²) < 4.78 is 6.20. The summed E-state index contributed by atoms with van der Waals surface area (Å²) >= 11 is 12.6. The van der Waals surface area contributed by atoms with Crippen molar-refractivity contribution in [2.45, 2.75) is 52.4 Å².